The van der Waals surface area contributed by atoms with E-state index in [2.05, 4.69) is 99.8 Å². The number of aromatic nitrogens is 2. The number of hydrogen-bond donors (Lipinski definition) is 1. The van der Waals surface area contributed by atoms with Crippen LogP contribution in [0.25, 0.3) is 17.2 Å². The molecule has 7 rings (SSSR count). The summed E-state index contributed by atoms with van der Waals surface area (Å²) in [6, 6.07) is 12.9. The monoisotopic (exact) mass is 758 g/mol. The summed E-state index contributed by atoms with van der Waals surface area (Å²) >= 11 is 0. The van der Waals surface area contributed by atoms with Crippen LogP contribution in [0.2, 0.25) is 0 Å². The molecule has 1 atom stereocenters. The van der Waals surface area contributed by atoms with Crippen LogP contribution in [0.15, 0.2) is 77.7 Å². The van der Waals surface area contributed by atoms with Crippen LogP contribution in [0.5, 0.6) is 5.75 Å². The molecule has 9 heteroatoms. The van der Waals surface area contributed by atoms with Crippen LogP contribution in [0.3, 0.4) is 0 Å². The average molecular weight is 758 g/mol. The van der Waals surface area contributed by atoms with E-state index < -0.39 is 0 Å². The standard InChI is InChI=1S/C47H63N7O2/c1-33-6-7-38(29-45(33)56-5)32-52-26-24-51(25-27-52)31-37-15-20-54(21-16-37)47(55)41-10-8-39(9-11-41)40-17-22-53(23-18-40)36(4)34(2)28-44-35(3)49-19-14-43(44)42-12-13-46(48)50-30-42/h6-8,10,12-14,19,28-30,36-37,40H,9,11,15-18,20-27,31-32H2,1-5H3,(H2,48,50)/b34-28+. The molecule has 1 aromatic carbocycles. The number of hydrogen-bond acceptors (Lipinski definition) is 8. The first-order chi connectivity index (χ1) is 27.1. The first-order valence-corrected chi connectivity index (χ1v) is 21.0. The second kappa shape index (κ2) is 18.3. The van der Waals surface area contributed by atoms with Gasteiger partial charge in [-0.05, 0) is 132 Å². The van der Waals surface area contributed by atoms with Crippen molar-refractivity contribution in [2.24, 2.45) is 11.8 Å². The van der Waals surface area contributed by atoms with Gasteiger partial charge in [0.1, 0.15) is 11.6 Å². The summed E-state index contributed by atoms with van der Waals surface area (Å²) in [6.07, 6.45) is 16.9. The summed E-state index contributed by atoms with van der Waals surface area (Å²) in [4.78, 5) is 32.5. The first kappa shape index (κ1) is 39.9. The van der Waals surface area contributed by atoms with Crippen LogP contribution in [0.4, 0.5) is 5.82 Å². The van der Waals surface area contributed by atoms with Crippen molar-refractivity contribution in [1.29, 1.82) is 0 Å². The fraction of sp³-hybridized carbons (Fsp3) is 0.511. The Morgan fingerprint density at radius 3 is 2.34 bits per heavy atom. The van der Waals surface area contributed by atoms with E-state index in [1.165, 1.54) is 35.1 Å². The van der Waals surface area contributed by atoms with Gasteiger partial charge >= 0.3 is 0 Å². The van der Waals surface area contributed by atoms with Gasteiger partial charge in [-0.15, -0.1) is 0 Å². The number of pyridine rings is 2. The largest absolute Gasteiger partial charge is 0.496 e. The van der Waals surface area contributed by atoms with Gasteiger partial charge in [0, 0.05) is 93.2 Å². The van der Waals surface area contributed by atoms with Gasteiger partial charge in [-0.25, -0.2) is 4.98 Å². The predicted octanol–water partition coefficient (Wildman–Crippen LogP) is 7.56. The van der Waals surface area contributed by atoms with Crippen LogP contribution in [0, 0.1) is 25.7 Å². The molecular weight excluding hydrogens is 695 g/mol. The summed E-state index contributed by atoms with van der Waals surface area (Å²) in [5.74, 6) is 3.05. The highest BCUT2D eigenvalue weighted by molar-refractivity contribution is 5.94. The lowest BCUT2D eigenvalue weighted by atomic mass is 9.82. The molecule has 0 bridgehead atoms. The number of nitrogens with zero attached hydrogens (tertiary/aromatic N) is 6. The van der Waals surface area contributed by atoms with Crippen LogP contribution in [-0.2, 0) is 11.3 Å². The Morgan fingerprint density at radius 2 is 1.66 bits per heavy atom. The van der Waals surface area contributed by atoms with Crippen LogP contribution in [0.1, 0.15) is 74.8 Å². The van der Waals surface area contributed by atoms with Gasteiger partial charge in [0.05, 0.1) is 7.11 Å². The van der Waals surface area contributed by atoms with E-state index in [4.69, 9.17) is 10.5 Å². The minimum Gasteiger partial charge on any atom is -0.496 e. The normalized spacial score (nSPS) is 20.4. The highest BCUT2D eigenvalue weighted by Gasteiger charge is 2.30. The fourth-order valence-electron chi connectivity index (χ4n) is 9.28. The maximum Gasteiger partial charge on any atom is 0.249 e. The molecule has 0 radical (unpaired) electrons. The van der Waals surface area contributed by atoms with Gasteiger partial charge in [-0.3, -0.25) is 19.6 Å². The lowest BCUT2D eigenvalue weighted by molar-refractivity contribution is -0.128. The van der Waals surface area contributed by atoms with Crippen molar-refractivity contribution in [3.63, 3.8) is 0 Å². The Hall–Kier alpha value is -4.31. The predicted molar refractivity (Wildman–Crippen MR) is 228 cm³/mol. The number of allylic oxidation sites excluding steroid dienone is 3. The summed E-state index contributed by atoms with van der Waals surface area (Å²) in [6.45, 7) is 19.3. The van der Waals surface area contributed by atoms with Crippen molar-refractivity contribution >= 4 is 17.8 Å². The molecule has 9 nitrogen and oxygen atoms in total. The van der Waals surface area contributed by atoms with E-state index >= 15 is 0 Å². The number of benzene rings is 1. The molecule has 5 heterocycles. The second-order valence-corrected chi connectivity index (χ2v) is 16.8. The minimum atomic E-state index is 0.269. The highest BCUT2D eigenvalue weighted by atomic mass is 16.5. The number of aryl methyl sites for hydroxylation is 2. The molecule has 56 heavy (non-hydrogen) atoms. The third-order valence-corrected chi connectivity index (χ3v) is 13.1. The van der Waals surface area contributed by atoms with Crippen LogP contribution < -0.4 is 10.5 Å². The topological polar surface area (TPSA) is 91.1 Å². The molecule has 1 amide bonds. The van der Waals surface area contributed by atoms with E-state index in [-0.39, 0.29) is 5.91 Å². The Labute approximate surface area is 335 Å². The molecule has 1 aliphatic carbocycles. The number of amides is 1. The molecule has 4 aliphatic rings. The van der Waals surface area contributed by atoms with Crippen molar-refractivity contribution in [3.8, 4) is 16.9 Å². The number of rotatable bonds is 11. The second-order valence-electron chi connectivity index (χ2n) is 16.8. The summed E-state index contributed by atoms with van der Waals surface area (Å²) in [5.41, 5.74) is 16.6. The van der Waals surface area contributed by atoms with Gasteiger partial charge in [-0.2, -0.15) is 0 Å². The third kappa shape index (κ3) is 9.61. The fourth-order valence-corrected chi connectivity index (χ4v) is 9.28. The zero-order valence-corrected chi connectivity index (χ0v) is 34.5. The molecule has 3 aromatic rings. The average Bonchev–Trinajstić information content (AvgIpc) is 3.23. The number of carbonyl (C=O) groups is 1. The maximum atomic E-state index is 13.6. The molecule has 0 spiro atoms. The third-order valence-electron chi connectivity index (χ3n) is 13.1. The number of nitrogens with two attached hydrogens (primary N) is 1. The number of piperazine rings is 1. The number of anilines is 1. The number of ether oxygens (including phenoxy) is 1. The molecule has 3 saturated heterocycles. The van der Waals surface area contributed by atoms with Gasteiger partial charge < -0.3 is 20.3 Å². The van der Waals surface area contributed by atoms with Crippen molar-refractivity contribution in [1.82, 2.24) is 29.6 Å². The Bertz CT molecular complexity index is 1910. The summed E-state index contributed by atoms with van der Waals surface area (Å²) in [7, 11) is 1.75. The lowest BCUT2D eigenvalue weighted by Gasteiger charge is -2.39. The Morgan fingerprint density at radius 1 is 0.911 bits per heavy atom. The van der Waals surface area contributed by atoms with Crippen molar-refractivity contribution in [2.75, 3.05) is 71.7 Å². The van der Waals surface area contributed by atoms with Gasteiger partial charge in [0.2, 0.25) is 5.91 Å². The molecule has 3 aliphatic heterocycles. The molecule has 298 valence electrons. The first-order valence-electron chi connectivity index (χ1n) is 21.0. The number of piperidine rings is 2. The van der Waals surface area contributed by atoms with Gasteiger partial charge in [0.25, 0.3) is 0 Å². The van der Waals surface area contributed by atoms with E-state index in [0.717, 1.165) is 125 Å². The summed E-state index contributed by atoms with van der Waals surface area (Å²) in [5, 5.41) is 0. The number of carbonyl (C=O) groups excluding carboxylic acids is 1. The molecule has 0 saturated carbocycles. The van der Waals surface area contributed by atoms with E-state index in [1.807, 2.05) is 24.5 Å². The summed E-state index contributed by atoms with van der Waals surface area (Å²) < 4.78 is 5.54. The SMILES string of the molecule is COc1cc(CN2CCN(CC3CCN(C(=O)C4=CC=C(C5CCN(C(C)/C(C)=C/c6c(-c7ccc(N)nc7)ccnc6C)CC5)CC4)CC3)CC2)ccc1C. The molecule has 2 N–H and O–H groups in total. The quantitative estimate of drug-likeness (QED) is 0.215. The maximum absolute atomic E-state index is 13.6. The lowest BCUT2D eigenvalue weighted by Crippen LogP contribution is -2.48. The van der Waals surface area contributed by atoms with Gasteiger partial charge in [0.15, 0.2) is 0 Å². The zero-order chi connectivity index (χ0) is 39.2. The molecular formula is C47H63N7O2. The number of likely N-dealkylation sites (tertiary alicyclic amines) is 2. The van der Waals surface area contributed by atoms with Crippen LogP contribution in [-0.4, -0.2) is 108 Å². The van der Waals surface area contributed by atoms with E-state index in [9.17, 15) is 4.79 Å². The van der Waals surface area contributed by atoms with Crippen molar-refractivity contribution in [3.05, 3.63) is 100 Å². The van der Waals surface area contributed by atoms with E-state index in [1.54, 1.807) is 7.11 Å². The Kier molecular flexibility index (Phi) is 13.0. The highest BCUT2D eigenvalue weighted by Crippen LogP contribution is 2.35. The zero-order valence-electron chi connectivity index (χ0n) is 34.5. The van der Waals surface area contributed by atoms with E-state index in [0.29, 0.717) is 23.7 Å². The smallest absolute Gasteiger partial charge is 0.249 e. The minimum absolute atomic E-state index is 0.269. The number of methoxy groups -OCH3 is 1. The van der Waals surface area contributed by atoms with Crippen LogP contribution >= 0.6 is 0 Å². The molecule has 3 fully saturated rings. The number of nitrogen functional groups attached to an aromatic ring is 1. The van der Waals surface area contributed by atoms with Crippen molar-refractivity contribution in [2.45, 2.75) is 78.8 Å². The molecule has 1 unspecified atom stereocenters. The van der Waals surface area contributed by atoms with Crippen molar-refractivity contribution < 1.29 is 9.53 Å². The van der Waals surface area contributed by atoms with Gasteiger partial charge in [-0.1, -0.05) is 41.5 Å². The Balaban J connectivity index is 0.844. The molecule has 2 aromatic heterocycles.